The maximum Gasteiger partial charge on any atom is 0.149 e. The number of nitrogen functional groups attached to an aromatic ring is 1. The summed E-state index contributed by atoms with van der Waals surface area (Å²) in [5, 5.41) is 11.0. The van der Waals surface area contributed by atoms with Gasteiger partial charge in [-0.1, -0.05) is 12.1 Å². The number of ether oxygens (including phenoxy) is 1. The molecule has 5 heteroatoms. The molecular weight excluding hydrogens is 228 g/mol. The Labute approximate surface area is 106 Å². The van der Waals surface area contributed by atoms with Crippen LogP contribution in [0.1, 0.15) is 18.5 Å². The summed E-state index contributed by atoms with van der Waals surface area (Å²) in [7, 11) is 1.65. The van der Waals surface area contributed by atoms with Gasteiger partial charge in [-0.3, -0.25) is 0 Å². The average molecular weight is 244 g/mol. The zero-order valence-electron chi connectivity index (χ0n) is 10.4. The van der Waals surface area contributed by atoms with Crippen molar-refractivity contribution in [3.8, 4) is 5.75 Å². The lowest BCUT2D eigenvalue weighted by molar-refractivity contribution is 0.414. The maximum absolute atomic E-state index is 5.49. The predicted molar refractivity (Wildman–Crippen MR) is 71.5 cm³/mol. The molecule has 0 radical (unpaired) electrons. The van der Waals surface area contributed by atoms with E-state index in [0.29, 0.717) is 11.6 Å². The van der Waals surface area contributed by atoms with Gasteiger partial charge in [0.1, 0.15) is 17.4 Å². The van der Waals surface area contributed by atoms with Crippen LogP contribution in [0.2, 0.25) is 0 Å². The number of methoxy groups -OCH3 is 1. The first kappa shape index (κ1) is 12.2. The Kier molecular flexibility index (Phi) is 3.62. The van der Waals surface area contributed by atoms with Crippen molar-refractivity contribution in [2.24, 2.45) is 0 Å². The molecule has 18 heavy (non-hydrogen) atoms. The van der Waals surface area contributed by atoms with E-state index >= 15 is 0 Å². The zero-order valence-corrected chi connectivity index (χ0v) is 10.4. The van der Waals surface area contributed by atoms with E-state index in [0.717, 1.165) is 11.3 Å². The van der Waals surface area contributed by atoms with E-state index in [-0.39, 0.29) is 6.04 Å². The molecule has 1 aromatic carbocycles. The van der Waals surface area contributed by atoms with Gasteiger partial charge in [0.05, 0.1) is 13.2 Å². The van der Waals surface area contributed by atoms with Gasteiger partial charge in [0.2, 0.25) is 0 Å². The topological polar surface area (TPSA) is 73.1 Å². The first-order valence-corrected chi connectivity index (χ1v) is 5.69. The molecule has 1 aromatic heterocycles. The van der Waals surface area contributed by atoms with Gasteiger partial charge in [-0.05, 0) is 36.8 Å². The largest absolute Gasteiger partial charge is 0.497 e. The first-order chi connectivity index (χ1) is 8.69. The predicted octanol–water partition coefficient (Wildman–Crippen LogP) is 2.24. The van der Waals surface area contributed by atoms with E-state index in [9.17, 15) is 0 Å². The average Bonchev–Trinajstić information content (AvgIpc) is 2.41. The number of benzene rings is 1. The van der Waals surface area contributed by atoms with Gasteiger partial charge in [-0.15, -0.1) is 10.2 Å². The van der Waals surface area contributed by atoms with E-state index in [1.807, 2.05) is 30.3 Å². The third-order valence-electron chi connectivity index (χ3n) is 2.67. The Balaban J connectivity index is 2.06. The molecule has 0 saturated carbocycles. The molecule has 2 rings (SSSR count). The molecule has 0 aliphatic rings. The van der Waals surface area contributed by atoms with Crippen molar-refractivity contribution in [3.05, 3.63) is 42.0 Å². The number of anilines is 2. The Morgan fingerprint density at radius 2 is 1.83 bits per heavy atom. The summed E-state index contributed by atoms with van der Waals surface area (Å²) < 4.78 is 5.12. The lowest BCUT2D eigenvalue weighted by Crippen LogP contribution is -2.08. The van der Waals surface area contributed by atoms with Crippen LogP contribution in [-0.4, -0.2) is 17.3 Å². The number of hydrogen-bond donors (Lipinski definition) is 2. The highest BCUT2D eigenvalue weighted by molar-refractivity contribution is 5.41. The van der Waals surface area contributed by atoms with E-state index < -0.39 is 0 Å². The molecule has 94 valence electrons. The number of aromatic nitrogens is 2. The van der Waals surface area contributed by atoms with Crippen LogP contribution in [0, 0.1) is 0 Å². The molecule has 2 aromatic rings. The van der Waals surface area contributed by atoms with Crippen molar-refractivity contribution in [3.63, 3.8) is 0 Å². The number of nitrogens with two attached hydrogens (primary N) is 1. The molecule has 0 aliphatic heterocycles. The molecule has 0 amide bonds. The highest BCUT2D eigenvalue weighted by Gasteiger charge is 2.06. The molecule has 0 saturated heterocycles. The fraction of sp³-hybridized carbons (Fsp3) is 0.231. The van der Waals surface area contributed by atoms with E-state index in [4.69, 9.17) is 10.5 Å². The SMILES string of the molecule is COc1ccc(C(C)Nc2ccc(N)nn2)cc1. The lowest BCUT2D eigenvalue weighted by atomic mass is 10.1. The van der Waals surface area contributed by atoms with Gasteiger partial charge in [-0.2, -0.15) is 0 Å². The van der Waals surface area contributed by atoms with E-state index in [1.54, 1.807) is 13.2 Å². The second-order valence-electron chi connectivity index (χ2n) is 3.98. The second-order valence-corrected chi connectivity index (χ2v) is 3.98. The zero-order chi connectivity index (χ0) is 13.0. The molecule has 0 aliphatic carbocycles. The number of nitrogens with one attached hydrogen (secondary N) is 1. The lowest BCUT2D eigenvalue weighted by Gasteiger charge is -2.14. The first-order valence-electron chi connectivity index (χ1n) is 5.69. The minimum Gasteiger partial charge on any atom is -0.497 e. The molecule has 3 N–H and O–H groups in total. The van der Waals surface area contributed by atoms with Crippen LogP contribution in [0.15, 0.2) is 36.4 Å². The Bertz CT molecular complexity index is 495. The minimum absolute atomic E-state index is 0.133. The maximum atomic E-state index is 5.49. The smallest absolute Gasteiger partial charge is 0.149 e. The van der Waals surface area contributed by atoms with E-state index in [2.05, 4.69) is 22.4 Å². The van der Waals surface area contributed by atoms with Crippen molar-refractivity contribution < 1.29 is 4.74 Å². The van der Waals surface area contributed by atoms with Gasteiger partial charge in [0, 0.05) is 0 Å². The standard InChI is InChI=1S/C13H16N4O/c1-9(10-3-5-11(18-2)6-4-10)15-13-8-7-12(14)16-17-13/h3-9H,1-2H3,(H2,14,16)(H,15,17). The highest BCUT2D eigenvalue weighted by Crippen LogP contribution is 2.20. The third kappa shape index (κ3) is 2.88. The number of rotatable bonds is 4. The third-order valence-corrected chi connectivity index (χ3v) is 2.67. The summed E-state index contributed by atoms with van der Waals surface area (Å²) in [6.07, 6.45) is 0. The van der Waals surface area contributed by atoms with Gasteiger partial charge in [-0.25, -0.2) is 0 Å². The van der Waals surface area contributed by atoms with Crippen molar-refractivity contribution >= 4 is 11.6 Å². The summed E-state index contributed by atoms with van der Waals surface area (Å²) in [4.78, 5) is 0. The molecule has 0 fully saturated rings. The van der Waals surface area contributed by atoms with Crippen LogP contribution in [0.3, 0.4) is 0 Å². The van der Waals surface area contributed by atoms with Crippen molar-refractivity contribution in [1.29, 1.82) is 0 Å². The van der Waals surface area contributed by atoms with Crippen LogP contribution in [0.4, 0.5) is 11.6 Å². The van der Waals surface area contributed by atoms with Gasteiger partial charge >= 0.3 is 0 Å². The van der Waals surface area contributed by atoms with Crippen LogP contribution in [0.5, 0.6) is 5.75 Å². The summed E-state index contributed by atoms with van der Waals surface area (Å²) in [6, 6.07) is 11.6. The van der Waals surface area contributed by atoms with E-state index in [1.165, 1.54) is 0 Å². The summed E-state index contributed by atoms with van der Waals surface area (Å²) in [5.41, 5.74) is 6.63. The monoisotopic (exact) mass is 244 g/mol. The van der Waals surface area contributed by atoms with Gasteiger partial charge in [0.15, 0.2) is 0 Å². The highest BCUT2D eigenvalue weighted by atomic mass is 16.5. The van der Waals surface area contributed by atoms with Crippen LogP contribution in [0.25, 0.3) is 0 Å². The Morgan fingerprint density at radius 1 is 1.11 bits per heavy atom. The quantitative estimate of drug-likeness (QED) is 0.862. The minimum atomic E-state index is 0.133. The fourth-order valence-electron chi connectivity index (χ4n) is 1.62. The summed E-state index contributed by atoms with van der Waals surface area (Å²) in [6.45, 7) is 2.06. The number of nitrogens with zero attached hydrogens (tertiary/aromatic N) is 2. The Hall–Kier alpha value is -2.30. The van der Waals surface area contributed by atoms with Crippen LogP contribution < -0.4 is 15.8 Å². The van der Waals surface area contributed by atoms with Crippen molar-refractivity contribution in [1.82, 2.24) is 10.2 Å². The summed E-state index contributed by atoms with van der Waals surface area (Å²) >= 11 is 0. The molecular formula is C13H16N4O. The molecule has 1 heterocycles. The van der Waals surface area contributed by atoms with Gasteiger partial charge in [0.25, 0.3) is 0 Å². The normalized spacial score (nSPS) is 11.9. The molecule has 0 spiro atoms. The molecule has 1 atom stereocenters. The fourth-order valence-corrected chi connectivity index (χ4v) is 1.62. The van der Waals surface area contributed by atoms with Crippen LogP contribution in [-0.2, 0) is 0 Å². The number of hydrogen-bond acceptors (Lipinski definition) is 5. The molecule has 1 unspecified atom stereocenters. The summed E-state index contributed by atoms with van der Waals surface area (Å²) in [5.74, 6) is 1.96. The molecule has 5 nitrogen and oxygen atoms in total. The second kappa shape index (κ2) is 5.35. The molecule has 0 bridgehead atoms. The van der Waals surface area contributed by atoms with Gasteiger partial charge < -0.3 is 15.8 Å². The van der Waals surface area contributed by atoms with Crippen molar-refractivity contribution in [2.75, 3.05) is 18.2 Å². The Morgan fingerprint density at radius 3 is 2.39 bits per heavy atom. The van der Waals surface area contributed by atoms with Crippen molar-refractivity contribution in [2.45, 2.75) is 13.0 Å². The van der Waals surface area contributed by atoms with Crippen LogP contribution >= 0.6 is 0 Å².